The van der Waals surface area contributed by atoms with Crippen LogP contribution < -0.4 is 31.9 Å². The second kappa shape index (κ2) is 46.5. The highest BCUT2D eigenvalue weighted by molar-refractivity contribution is 6.17. The fourth-order valence-electron chi connectivity index (χ4n) is 11.8. The Morgan fingerprint density at radius 2 is 1.00 bits per heavy atom. The third-order valence-electron chi connectivity index (χ3n) is 17.9. The van der Waals surface area contributed by atoms with Crippen LogP contribution in [0, 0.1) is 5.92 Å². The summed E-state index contributed by atoms with van der Waals surface area (Å²) in [5, 5.41) is 71.1. The number of piperazine rings is 4. The molecule has 22 nitrogen and oxygen atoms in total. The lowest BCUT2D eigenvalue weighted by Crippen LogP contribution is -2.59. The molecule has 14 rings (SSSR count). The monoisotopic (exact) mass is 1210 g/mol. The Morgan fingerprint density at radius 3 is 1.30 bits per heavy atom. The maximum atomic E-state index is 9.08. The lowest BCUT2D eigenvalue weighted by molar-refractivity contribution is 0.00170. The zero-order chi connectivity index (χ0) is 59.9. The molecule has 0 aliphatic carbocycles. The number of β-amino-alcohol motifs (C(OH)–C–C–N with tert-alkyl or cyclic N) is 2. The first-order valence-corrected chi connectivity index (χ1v) is 33.3. The van der Waals surface area contributed by atoms with Gasteiger partial charge in [-0.2, -0.15) is 0 Å². The van der Waals surface area contributed by atoms with Gasteiger partial charge in [-0.15, -0.1) is 11.6 Å². The van der Waals surface area contributed by atoms with E-state index in [0.29, 0.717) is 37.8 Å². The molecule has 14 aliphatic rings. The minimum absolute atomic E-state index is 0.0463. The number of hydrogen-bond donors (Lipinski definition) is 12. The van der Waals surface area contributed by atoms with Crippen LogP contribution in [0.3, 0.4) is 0 Å². The number of aliphatic hydroxyl groups is 6. The van der Waals surface area contributed by atoms with Gasteiger partial charge in [0.1, 0.15) is 0 Å². The zero-order valence-electron chi connectivity index (χ0n) is 52.9. The molecule has 0 aromatic heterocycles. The van der Waals surface area contributed by atoms with E-state index >= 15 is 0 Å². The van der Waals surface area contributed by atoms with Crippen LogP contribution in [0.5, 0.6) is 0 Å². The summed E-state index contributed by atoms with van der Waals surface area (Å²) in [6.45, 7) is 31.2. The normalized spacial score (nSPS) is 30.7. The number of likely N-dealkylation sites (tertiary alicyclic amines) is 1. The Bertz CT molecular complexity index is 1450. The van der Waals surface area contributed by atoms with E-state index in [1.807, 2.05) is 0 Å². The summed E-state index contributed by atoms with van der Waals surface area (Å²) in [6.07, 6.45) is 14.1. The number of nitrogens with zero attached hydrogens (tertiary/aromatic N) is 7. The largest absolute Gasteiger partial charge is 0.396 e. The molecule has 0 saturated carbocycles. The van der Waals surface area contributed by atoms with E-state index in [1.165, 1.54) is 117 Å². The summed E-state index contributed by atoms with van der Waals surface area (Å²) in [5.41, 5.74) is 0. The first-order valence-electron chi connectivity index (χ1n) is 32.8. The third-order valence-corrected chi connectivity index (χ3v) is 18.2. The van der Waals surface area contributed by atoms with E-state index in [9.17, 15) is 0 Å². The Balaban J connectivity index is 0.000000200. The van der Waals surface area contributed by atoms with Crippen molar-refractivity contribution >= 4 is 11.6 Å². The van der Waals surface area contributed by atoms with Crippen LogP contribution in [0.2, 0.25) is 0 Å². The van der Waals surface area contributed by atoms with E-state index in [-0.39, 0.29) is 19.3 Å². The van der Waals surface area contributed by atoms with Gasteiger partial charge in [0.25, 0.3) is 0 Å². The first kappa shape index (κ1) is 74.9. The minimum Gasteiger partial charge on any atom is -0.396 e. The summed E-state index contributed by atoms with van der Waals surface area (Å²) in [6, 6.07) is 5.73. The van der Waals surface area contributed by atoms with Crippen molar-refractivity contribution in [2.24, 2.45) is 5.92 Å². The van der Waals surface area contributed by atoms with Crippen molar-refractivity contribution in [1.29, 1.82) is 0 Å². The Morgan fingerprint density at radius 1 is 0.518 bits per heavy atom. The Kier molecular flexibility index (Phi) is 41.9. The number of rotatable bonds is 14. The van der Waals surface area contributed by atoms with Crippen LogP contribution >= 0.6 is 11.6 Å². The van der Waals surface area contributed by atoms with Crippen molar-refractivity contribution in [2.45, 2.75) is 145 Å². The van der Waals surface area contributed by atoms with Gasteiger partial charge in [-0.3, -0.25) is 14.7 Å². The van der Waals surface area contributed by atoms with Crippen molar-refractivity contribution in [3.8, 4) is 0 Å². The molecule has 83 heavy (non-hydrogen) atoms. The number of unbranched alkanes of at least 4 members (excludes halogenated alkanes) is 3. The van der Waals surface area contributed by atoms with Crippen LogP contribution in [-0.2, 0) is 14.2 Å². The molecule has 14 fully saturated rings. The van der Waals surface area contributed by atoms with Gasteiger partial charge in [0.05, 0.1) is 58.0 Å². The van der Waals surface area contributed by atoms with E-state index in [0.717, 1.165) is 173 Å². The molecule has 0 amide bonds. The third kappa shape index (κ3) is 33.2. The second-order valence-corrected chi connectivity index (χ2v) is 25.5. The number of nitrogens with one attached hydrogen (secondary N) is 6. The molecule has 0 aromatic carbocycles. The van der Waals surface area contributed by atoms with Gasteiger partial charge in [-0.25, -0.2) is 0 Å². The van der Waals surface area contributed by atoms with E-state index in [1.54, 1.807) is 0 Å². The first-order chi connectivity index (χ1) is 40.3. The van der Waals surface area contributed by atoms with Crippen LogP contribution in [-0.4, -0.2) is 363 Å². The molecule has 0 spiro atoms. The SMILES string of the molecule is C1OC2CNC1C2.CC1CNC1.CN1C2CCC1CNC2.CN1CC2CC1CN2.CN1CC2CCC1CN2.CN1CCN(CCCCO)CC1.OC1CNC1.OCC(O)CN1CCOCC1.OCCCCCl.OCCCCN1CCOCC1. The zero-order valence-corrected chi connectivity index (χ0v) is 53.6. The highest BCUT2D eigenvalue weighted by Crippen LogP contribution is 2.24. The van der Waals surface area contributed by atoms with Gasteiger partial charge in [0.15, 0.2) is 0 Å². The Hall–Kier alpha value is -0.590. The number of morpholine rings is 3. The number of fused-ring (bicyclic) bond motifs is 9. The Labute approximate surface area is 508 Å². The molecular formula is C60H126ClN13O9. The molecule has 12 N–H and O–H groups in total. The summed E-state index contributed by atoms with van der Waals surface area (Å²) in [7, 11) is 8.87. The van der Waals surface area contributed by atoms with Crippen molar-refractivity contribution in [3.63, 3.8) is 0 Å². The fraction of sp³-hybridized carbons (Fsp3) is 1.00. The summed E-state index contributed by atoms with van der Waals surface area (Å²) in [5.74, 6) is 1.62. The number of halogens is 1. The molecular weight excluding hydrogens is 1080 g/mol. The number of ether oxygens (including phenoxy) is 3. The predicted molar refractivity (Wildman–Crippen MR) is 336 cm³/mol. The number of likely N-dealkylation sites (N-methyl/N-ethyl adjacent to an activating group) is 4. The van der Waals surface area contributed by atoms with Gasteiger partial charge < -0.3 is 96.4 Å². The number of alkyl halides is 1. The molecule has 0 radical (unpaired) electrons. The lowest BCUT2D eigenvalue weighted by atomic mass is 9.94. The van der Waals surface area contributed by atoms with Crippen molar-refractivity contribution in [1.82, 2.24) is 66.2 Å². The molecule has 492 valence electrons. The van der Waals surface area contributed by atoms with Crippen LogP contribution in [0.1, 0.15) is 84.0 Å². The highest BCUT2D eigenvalue weighted by atomic mass is 35.5. The summed E-state index contributed by atoms with van der Waals surface area (Å²) < 4.78 is 15.6. The molecule has 9 unspecified atom stereocenters. The maximum absolute atomic E-state index is 9.08. The molecule has 9 atom stereocenters. The van der Waals surface area contributed by atoms with Gasteiger partial charge in [0.2, 0.25) is 0 Å². The van der Waals surface area contributed by atoms with Crippen molar-refractivity contribution in [3.05, 3.63) is 0 Å². The van der Waals surface area contributed by atoms with Crippen LogP contribution in [0.15, 0.2) is 0 Å². The topological polar surface area (TPSA) is 244 Å². The average molecular weight is 1210 g/mol. The van der Waals surface area contributed by atoms with Crippen LogP contribution in [0.4, 0.5) is 0 Å². The lowest BCUT2D eigenvalue weighted by Gasteiger charge is -2.44. The van der Waals surface area contributed by atoms with E-state index in [4.69, 9.17) is 56.5 Å². The fourth-order valence-corrected chi connectivity index (χ4v) is 12.0. The molecule has 8 bridgehead atoms. The maximum Gasteiger partial charge on any atom is 0.0897 e. The molecule has 14 heterocycles. The molecule has 0 aromatic rings. The van der Waals surface area contributed by atoms with Crippen LogP contribution in [0.25, 0.3) is 0 Å². The number of hydrogen-bond acceptors (Lipinski definition) is 22. The highest BCUT2D eigenvalue weighted by Gasteiger charge is 2.35. The van der Waals surface area contributed by atoms with Gasteiger partial charge in [-0.1, -0.05) is 6.92 Å². The average Bonchev–Trinajstić information content (AvgIpc) is 4.43. The molecule has 23 heteroatoms. The molecule has 14 aliphatic heterocycles. The van der Waals surface area contributed by atoms with Gasteiger partial charge in [0, 0.05) is 186 Å². The van der Waals surface area contributed by atoms with E-state index in [2.05, 4.69) is 101 Å². The smallest absolute Gasteiger partial charge is 0.0897 e. The summed E-state index contributed by atoms with van der Waals surface area (Å²) in [4.78, 5) is 16.8. The van der Waals surface area contributed by atoms with Gasteiger partial charge in [-0.05, 0) is 137 Å². The number of piperidine rings is 2. The quantitative estimate of drug-likeness (QED) is 0.0697. The minimum atomic E-state index is -0.604. The molecule has 14 saturated heterocycles. The standard InChI is InChI=1S/C9H20N2O.C8H17NO2.2C7H14N2.C7H15NO3.C6H12N2.C5H9NO.C4H9ClO.C4H9N.C3H7NO/c1-10-5-7-11(8-6-10)4-2-3-9-12;10-6-2-1-3-9-4-7-11-8-5-9;1-9-5-6-2-3-7(9)4-8-6;1-9-6-2-3-7(9)5-8-4-6;9-6-7(10)5-8-1-3-11-4-2-8;1-8-4-5-2-6(8)3-7-5;1-4-3-7-5(1)2-6-4;5-3-1-2-4-6;1-4-2-5-3-4;5-3-1-4-2-3/h12H,2-9H2,1H3;10H,1-8H2;2*6-8H,2-5H2,1H3;7,9-10H,1-6H2;5-7H,2-4H2,1H3;4-6H,1-3H2;6H,1-4H2;4-5H,2-3H2,1H3;3-5H,1-2H2. The predicted octanol–water partition coefficient (Wildman–Crippen LogP) is -1.54. The summed E-state index contributed by atoms with van der Waals surface area (Å²) >= 11 is 5.27. The van der Waals surface area contributed by atoms with E-state index < -0.39 is 6.10 Å². The second-order valence-electron chi connectivity index (χ2n) is 25.1. The van der Waals surface area contributed by atoms with Crippen molar-refractivity contribution < 1.29 is 44.8 Å². The number of aliphatic hydroxyl groups excluding tert-OH is 6. The van der Waals surface area contributed by atoms with Gasteiger partial charge >= 0.3 is 0 Å². The van der Waals surface area contributed by atoms with Crippen molar-refractivity contribution in [2.75, 3.05) is 238 Å².